The standard InChI is InChI=1S/C27H26O4/c28-24-17-25-22(16-26(29)31-25)23(24)18-30-27(19-10-4-1-5-11-19,20-12-6-2-7-13-20)21-14-8-3-9-15-21/h1-15,22-25,28H,16-18H2/t22-,23?,24-,25+/m1/s1. The maximum atomic E-state index is 11.8. The second-order valence-electron chi connectivity index (χ2n) is 8.45. The van der Waals surface area contributed by atoms with Crippen LogP contribution in [0, 0.1) is 11.8 Å². The van der Waals surface area contributed by atoms with Crippen molar-refractivity contribution < 1.29 is 19.4 Å². The van der Waals surface area contributed by atoms with Gasteiger partial charge in [0.05, 0.1) is 19.1 Å². The molecule has 158 valence electrons. The van der Waals surface area contributed by atoms with Crippen molar-refractivity contribution >= 4 is 5.97 Å². The summed E-state index contributed by atoms with van der Waals surface area (Å²) in [6.45, 7) is 0.331. The van der Waals surface area contributed by atoms with E-state index in [-0.39, 0.29) is 23.9 Å². The van der Waals surface area contributed by atoms with Crippen molar-refractivity contribution in [1.82, 2.24) is 0 Å². The molecule has 1 heterocycles. The molecule has 1 N–H and O–H groups in total. The average Bonchev–Trinajstić information content (AvgIpc) is 3.31. The number of carbonyl (C=O) groups excluding carboxylic acids is 1. The third kappa shape index (κ3) is 3.56. The van der Waals surface area contributed by atoms with Crippen LogP contribution in [0.4, 0.5) is 0 Å². The van der Waals surface area contributed by atoms with Gasteiger partial charge in [0.2, 0.25) is 0 Å². The molecule has 2 aliphatic rings. The highest BCUT2D eigenvalue weighted by molar-refractivity contribution is 5.72. The highest BCUT2D eigenvalue weighted by Crippen LogP contribution is 2.45. The lowest BCUT2D eigenvalue weighted by molar-refractivity contribution is -0.141. The third-order valence-electron chi connectivity index (χ3n) is 6.71. The molecule has 1 aliphatic heterocycles. The first-order chi connectivity index (χ1) is 15.2. The molecule has 2 fully saturated rings. The summed E-state index contributed by atoms with van der Waals surface area (Å²) in [7, 11) is 0. The van der Waals surface area contributed by atoms with Crippen LogP contribution in [-0.4, -0.2) is 29.9 Å². The van der Waals surface area contributed by atoms with Crippen molar-refractivity contribution in [1.29, 1.82) is 0 Å². The van der Waals surface area contributed by atoms with Gasteiger partial charge in [-0.05, 0) is 16.7 Å². The number of fused-ring (bicyclic) bond motifs is 1. The van der Waals surface area contributed by atoms with Gasteiger partial charge >= 0.3 is 5.97 Å². The van der Waals surface area contributed by atoms with Crippen molar-refractivity contribution in [2.45, 2.75) is 30.7 Å². The summed E-state index contributed by atoms with van der Waals surface area (Å²) in [5, 5.41) is 10.7. The Balaban J connectivity index is 1.58. The summed E-state index contributed by atoms with van der Waals surface area (Å²) in [5.41, 5.74) is 2.24. The van der Waals surface area contributed by atoms with E-state index >= 15 is 0 Å². The first-order valence-electron chi connectivity index (χ1n) is 10.9. The largest absolute Gasteiger partial charge is 0.462 e. The van der Waals surface area contributed by atoms with Crippen LogP contribution in [0.15, 0.2) is 91.0 Å². The van der Waals surface area contributed by atoms with Crippen molar-refractivity contribution in [2.75, 3.05) is 6.61 Å². The molecule has 4 atom stereocenters. The Hall–Kier alpha value is -2.95. The number of ether oxygens (including phenoxy) is 2. The Bertz CT molecular complexity index is 922. The Morgan fingerprint density at radius 3 is 1.81 bits per heavy atom. The van der Waals surface area contributed by atoms with E-state index in [1.807, 2.05) is 54.6 Å². The second kappa shape index (κ2) is 8.29. The highest BCUT2D eigenvalue weighted by Gasteiger charge is 2.50. The maximum absolute atomic E-state index is 11.8. The predicted molar refractivity (Wildman–Crippen MR) is 117 cm³/mol. The van der Waals surface area contributed by atoms with E-state index < -0.39 is 11.7 Å². The number of benzene rings is 3. The fourth-order valence-corrected chi connectivity index (χ4v) is 5.20. The molecule has 0 radical (unpaired) electrons. The van der Waals surface area contributed by atoms with Crippen LogP contribution in [0.2, 0.25) is 0 Å². The van der Waals surface area contributed by atoms with E-state index in [9.17, 15) is 9.90 Å². The number of aliphatic hydroxyl groups is 1. The first-order valence-corrected chi connectivity index (χ1v) is 10.9. The number of rotatable bonds is 6. The van der Waals surface area contributed by atoms with E-state index in [0.29, 0.717) is 19.4 Å². The molecule has 0 aromatic heterocycles. The Labute approximate surface area is 182 Å². The van der Waals surface area contributed by atoms with Gasteiger partial charge in [0.15, 0.2) is 0 Å². The van der Waals surface area contributed by atoms with Crippen molar-refractivity contribution in [3.05, 3.63) is 108 Å². The third-order valence-corrected chi connectivity index (χ3v) is 6.71. The van der Waals surface area contributed by atoms with Gasteiger partial charge in [0.1, 0.15) is 11.7 Å². The Morgan fingerprint density at radius 2 is 1.32 bits per heavy atom. The van der Waals surface area contributed by atoms with Gasteiger partial charge in [-0.25, -0.2) is 0 Å². The summed E-state index contributed by atoms with van der Waals surface area (Å²) >= 11 is 0. The topological polar surface area (TPSA) is 55.8 Å². The van der Waals surface area contributed by atoms with Crippen LogP contribution in [0.5, 0.6) is 0 Å². The Kier molecular flexibility index (Phi) is 5.34. The maximum Gasteiger partial charge on any atom is 0.306 e. The van der Waals surface area contributed by atoms with Crippen LogP contribution in [0.3, 0.4) is 0 Å². The molecule has 1 unspecified atom stereocenters. The number of esters is 1. The molecule has 1 saturated heterocycles. The van der Waals surface area contributed by atoms with Crippen LogP contribution in [-0.2, 0) is 19.9 Å². The van der Waals surface area contributed by atoms with Gasteiger partial charge in [-0.3, -0.25) is 4.79 Å². The summed E-state index contributed by atoms with van der Waals surface area (Å²) < 4.78 is 12.3. The monoisotopic (exact) mass is 414 g/mol. The zero-order valence-electron chi connectivity index (χ0n) is 17.3. The average molecular weight is 415 g/mol. The molecule has 1 saturated carbocycles. The number of hydrogen-bond acceptors (Lipinski definition) is 4. The van der Waals surface area contributed by atoms with Crippen molar-refractivity contribution in [2.24, 2.45) is 11.8 Å². The van der Waals surface area contributed by atoms with Gasteiger partial charge in [-0.1, -0.05) is 91.0 Å². The first kappa shape index (κ1) is 20.0. The fourth-order valence-electron chi connectivity index (χ4n) is 5.20. The molecule has 0 amide bonds. The zero-order valence-corrected chi connectivity index (χ0v) is 17.3. The minimum absolute atomic E-state index is 0.00233. The Morgan fingerprint density at radius 1 is 0.839 bits per heavy atom. The zero-order chi connectivity index (χ0) is 21.3. The molecule has 3 aromatic carbocycles. The molecule has 3 aromatic rings. The lowest BCUT2D eigenvalue weighted by atomic mass is 9.79. The number of aliphatic hydroxyl groups excluding tert-OH is 1. The quantitative estimate of drug-likeness (QED) is 0.482. The molecule has 4 heteroatoms. The lowest BCUT2D eigenvalue weighted by Gasteiger charge is -2.37. The lowest BCUT2D eigenvalue weighted by Crippen LogP contribution is -2.37. The number of carbonyl (C=O) groups is 1. The molecular formula is C27H26O4. The second-order valence-corrected chi connectivity index (χ2v) is 8.45. The van der Waals surface area contributed by atoms with Gasteiger partial charge in [-0.2, -0.15) is 0 Å². The fraction of sp³-hybridized carbons (Fsp3) is 0.296. The SMILES string of the molecule is O=C1C[C@@H]2C(COC(c3ccccc3)(c3ccccc3)c3ccccc3)[C@H](O)C[C@@H]2O1. The molecular weight excluding hydrogens is 388 g/mol. The van der Waals surface area contributed by atoms with E-state index in [4.69, 9.17) is 9.47 Å². The molecule has 4 nitrogen and oxygen atoms in total. The summed E-state index contributed by atoms with van der Waals surface area (Å²) in [6.07, 6.45) is 0.100. The van der Waals surface area contributed by atoms with Crippen LogP contribution in [0.25, 0.3) is 0 Å². The smallest absolute Gasteiger partial charge is 0.306 e. The van der Waals surface area contributed by atoms with E-state index in [1.54, 1.807) is 0 Å². The van der Waals surface area contributed by atoms with E-state index in [1.165, 1.54) is 0 Å². The van der Waals surface area contributed by atoms with E-state index in [0.717, 1.165) is 16.7 Å². The van der Waals surface area contributed by atoms with Gasteiger partial charge in [-0.15, -0.1) is 0 Å². The van der Waals surface area contributed by atoms with Gasteiger partial charge in [0, 0.05) is 18.3 Å². The minimum Gasteiger partial charge on any atom is -0.462 e. The predicted octanol–water partition coefficient (Wildman–Crippen LogP) is 4.31. The van der Waals surface area contributed by atoms with E-state index in [2.05, 4.69) is 36.4 Å². The number of hydrogen-bond donors (Lipinski definition) is 1. The molecule has 1 aliphatic carbocycles. The summed E-state index contributed by atoms with van der Waals surface area (Å²) in [4.78, 5) is 11.8. The van der Waals surface area contributed by atoms with Crippen molar-refractivity contribution in [3.63, 3.8) is 0 Å². The van der Waals surface area contributed by atoms with Crippen molar-refractivity contribution in [3.8, 4) is 0 Å². The molecule has 0 bridgehead atoms. The van der Waals surface area contributed by atoms with Crippen LogP contribution < -0.4 is 0 Å². The summed E-state index contributed by atoms with van der Waals surface area (Å²) in [6, 6.07) is 30.6. The summed E-state index contributed by atoms with van der Waals surface area (Å²) in [5.74, 6) is -0.318. The highest BCUT2D eigenvalue weighted by atomic mass is 16.6. The van der Waals surface area contributed by atoms with Crippen LogP contribution >= 0.6 is 0 Å². The molecule has 31 heavy (non-hydrogen) atoms. The minimum atomic E-state index is -0.828. The molecule has 0 spiro atoms. The van der Waals surface area contributed by atoms with Gasteiger partial charge in [0.25, 0.3) is 0 Å². The normalized spacial score (nSPS) is 25.3. The van der Waals surface area contributed by atoms with Gasteiger partial charge < -0.3 is 14.6 Å². The molecule has 5 rings (SSSR count). The van der Waals surface area contributed by atoms with Crippen LogP contribution in [0.1, 0.15) is 29.5 Å².